The fourth-order valence-corrected chi connectivity index (χ4v) is 4.21. The average molecular weight is 431 g/mol. The molecule has 32 heavy (non-hydrogen) atoms. The number of hydrazone groups is 1. The normalized spacial score (nSPS) is 18.8. The number of hydrogen-bond acceptors (Lipinski definition) is 7. The van der Waals surface area contributed by atoms with Gasteiger partial charge in [0.15, 0.2) is 11.5 Å². The number of benzene rings is 3. The van der Waals surface area contributed by atoms with Crippen LogP contribution in [0.3, 0.4) is 0 Å². The lowest BCUT2D eigenvalue weighted by molar-refractivity contribution is -0.385. The number of nitro benzene ring substituents is 1. The van der Waals surface area contributed by atoms with E-state index >= 15 is 0 Å². The minimum atomic E-state index is -0.626. The lowest BCUT2D eigenvalue weighted by Gasteiger charge is -2.38. The number of rotatable bonds is 5. The van der Waals surface area contributed by atoms with Gasteiger partial charge in [0.05, 0.1) is 30.9 Å². The van der Waals surface area contributed by atoms with Crippen LogP contribution in [0.15, 0.2) is 71.8 Å². The minimum Gasteiger partial charge on any atom is -0.497 e. The van der Waals surface area contributed by atoms with Gasteiger partial charge in [-0.1, -0.05) is 24.3 Å². The van der Waals surface area contributed by atoms with E-state index in [0.29, 0.717) is 23.5 Å². The Bertz CT molecular complexity index is 1210. The highest BCUT2D eigenvalue weighted by Gasteiger charge is 2.42. The van der Waals surface area contributed by atoms with Crippen LogP contribution in [0.4, 0.5) is 5.69 Å². The molecule has 0 fully saturated rings. The van der Waals surface area contributed by atoms with Crippen molar-refractivity contribution in [2.75, 3.05) is 14.2 Å². The summed E-state index contributed by atoms with van der Waals surface area (Å²) < 4.78 is 17.2. The maximum atomic E-state index is 11.3. The number of hydrogen-bond donors (Lipinski definition) is 0. The summed E-state index contributed by atoms with van der Waals surface area (Å²) in [5.74, 6) is 2.03. The van der Waals surface area contributed by atoms with Gasteiger partial charge in [0.25, 0.3) is 5.69 Å². The third-order valence-corrected chi connectivity index (χ3v) is 5.79. The first kappa shape index (κ1) is 19.9. The highest BCUT2D eigenvalue weighted by Crippen LogP contribution is 2.50. The van der Waals surface area contributed by atoms with Crippen LogP contribution in [0.2, 0.25) is 0 Å². The summed E-state index contributed by atoms with van der Waals surface area (Å²) in [6.45, 7) is 0. The van der Waals surface area contributed by atoms with Crippen molar-refractivity contribution in [2.24, 2.45) is 5.10 Å². The van der Waals surface area contributed by atoms with Gasteiger partial charge in [0, 0.05) is 29.7 Å². The molecule has 0 N–H and O–H groups in total. The zero-order chi connectivity index (χ0) is 22.2. The molecule has 0 aromatic heterocycles. The highest BCUT2D eigenvalue weighted by atomic mass is 16.6. The second kappa shape index (κ2) is 7.88. The van der Waals surface area contributed by atoms with E-state index in [2.05, 4.69) is 0 Å². The van der Waals surface area contributed by atoms with Crippen molar-refractivity contribution in [2.45, 2.75) is 18.7 Å². The number of ether oxygens (including phenoxy) is 3. The van der Waals surface area contributed by atoms with Crippen LogP contribution in [0.5, 0.6) is 17.2 Å². The van der Waals surface area contributed by atoms with Crippen LogP contribution in [-0.4, -0.2) is 29.9 Å². The lowest BCUT2D eigenvalue weighted by atomic mass is 9.95. The van der Waals surface area contributed by atoms with Crippen molar-refractivity contribution in [1.29, 1.82) is 0 Å². The van der Waals surface area contributed by atoms with Crippen LogP contribution < -0.4 is 14.2 Å². The van der Waals surface area contributed by atoms with E-state index in [-0.39, 0.29) is 11.7 Å². The maximum Gasteiger partial charge on any atom is 0.269 e. The Morgan fingerprint density at radius 3 is 2.56 bits per heavy atom. The Morgan fingerprint density at radius 2 is 1.84 bits per heavy atom. The van der Waals surface area contributed by atoms with Gasteiger partial charge in [-0.15, -0.1) is 0 Å². The molecule has 162 valence electrons. The van der Waals surface area contributed by atoms with Crippen LogP contribution >= 0.6 is 0 Å². The van der Waals surface area contributed by atoms with Gasteiger partial charge in [-0.05, 0) is 35.9 Å². The summed E-state index contributed by atoms with van der Waals surface area (Å²) in [5, 5.41) is 18.1. The predicted molar refractivity (Wildman–Crippen MR) is 118 cm³/mol. The lowest BCUT2D eigenvalue weighted by Crippen LogP contribution is -2.33. The molecule has 0 saturated carbocycles. The molecule has 5 rings (SSSR count). The molecule has 8 heteroatoms. The standard InChI is InChI=1S/C24H21N3O5/c1-30-18-11-9-15(10-12-18)20-14-21-19-7-4-8-22(31-2)23(19)32-24(26(21)25-20)16-5-3-6-17(13-16)27(28)29/h3-13,21,24H,14H2,1-2H3/t21-,24-/m1/s1. The second-order valence-corrected chi connectivity index (χ2v) is 7.58. The molecule has 0 bridgehead atoms. The fourth-order valence-electron chi connectivity index (χ4n) is 4.21. The van der Waals surface area contributed by atoms with E-state index in [9.17, 15) is 10.1 Å². The van der Waals surface area contributed by atoms with Crippen molar-refractivity contribution in [3.8, 4) is 17.2 Å². The quantitative estimate of drug-likeness (QED) is 0.424. The molecule has 8 nitrogen and oxygen atoms in total. The van der Waals surface area contributed by atoms with Gasteiger partial charge < -0.3 is 14.2 Å². The molecule has 3 aromatic rings. The highest BCUT2D eigenvalue weighted by molar-refractivity contribution is 6.02. The van der Waals surface area contributed by atoms with Crippen LogP contribution in [-0.2, 0) is 0 Å². The summed E-state index contributed by atoms with van der Waals surface area (Å²) in [4.78, 5) is 10.9. The van der Waals surface area contributed by atoms with Gasteiger partial charge in [-0.3, -0.25) is 10.1 Å². The summed E-state index contributed by atoms with van der Waals surface area (Å²) in [6.07, 6.45) is 0.0424. The molecule has 2 aliphatic rings. The van der Waals surface area contributed by atoms with Crippen molar-refractivity contribution < 1.29 is 19.1 Å². The summed E-state index contributed by atoms with van der Waals surface area (Å²) in [7, 11) is 3.23. The third kappa shape index (κ3) is 3.30. The number of fused-ring (bicyclic) bond motifs is 3. The fraction of sp³-hybridized carbons (Fsp3) is 0.208. The molecular formula is C24H21N3O5. The average Bonchev–Trinajstić information content (AvgIpc) is 3.29. The van der Waals surface area contributed by atoms with Gasteiger partial charge in [0.1, 0.15) is 5.75 Å². The van der Waals surface area contributed by atoms with Gasteiger partial charge in [-0.25, -0.2) is 5.01 Å². The summed E-state index contributed by atoms with van der Waals surface area (Å²) in [5.41, 5.74) is 3.53. The van der Waals surface area contributed by atoms with E-state index in [0.717, 1.165) is 22.6 Å². The molecule has 0 aliphatic carbocycles. The van der Waals surface area contributed by atoms with Gasteiger partial charge in [-0.2, -0.15) is 5.10 Å². The number of nitrogens with zero attached hydrogens (tertiary/aromatic N) is 3. The maximum absolute atomic E-state index is 11.3. The van der Waals surface area contributed by atoms with Crippen LogP contribution in [0.1, 0.15) is 35.4 Å². The molecule has 0 spiro atoms. The number of non-ortho nitro benzene ring substituents is 1. The van der Waals surface area contributed by atoms with Crippen molar-refractivity contribution in [3.05, 3.63) is 93.5 Å². The number of para-hydroxylation sites is 1. The molecule has 0 saturated heterocycles. The third-order valence-electron chi connectivity index (χ3n) is 5.79. The Morgan fingerprint density at radius 1 is 1.06 bits per heavy atom. The zero-order valence-electron chi connectivity index (χ0n) is 17.6. The van der Waals surface area contributed by atoms with Crippen molar-refractivity contribution in [1.82, 2.24) is 5.01 Å². The Hall–Kier alpha value is -4.07. The van der Waals surface area contributed by atoms with E-state index < -0.39 is 11.2 Å². The van der Waals surface area contributed by atoms with Crippen molar-refractivity contribution >= 4 is 11.4 Å². The predicted octanol–water partition coefficient (Wildman–Crippen LogP) is 4.85. The monoisotopic (exact) mass is 431 g/mol. The largest absolute Gasteiger partial charge is 0.497 e. The van der Waals surface area contributed by atoms with E-state index in [4.69, 9.17) is 19.3 Å². The second-order valence-electron chi connectivity index (χ2n) is 7.58. The van der Waals surface area contributed by atoms with E-state index in [1.54, 1.807) is 20.3 Å². The summed E-state index contributed by atoms with van der Waals surface area (Å²) in [6, 6.07) is 19.9. The summed E-state index contributed by atoms with van der Waals surface area (Å²) >= 11 is 0. The first-order chi connectivity index (χ1) is 15.6. The van der Waals surface area contributed by atoms with E-state index in [1.807, 2.05) is 53.5 Å². The molecule has 0 unspecified atom stereocenters. The van der Waals surface area contributed by atoms with Gasteiger partial charge in [0.2, 0.25) is 6.23 Å². The van der Waals surface area contributed by atoms with Crippen LogP contribution in [0, 0.1) is 10.1 Å². The first-order valence-electron chi connectivity index (χ1n) is 10.2. The Labute approximate surface area is 184 Å². The van der Waals surface area contributed by atoms with Crippen LogP contribution in [0.25, 0.3) is 0 Å². The number of methoxy groups -OCH3 is 2. The molecule has 3 aromatic carbocycles. The molecule has 0 amide bonds. The zero-order valence-corrected chi connectivity index (χ0v) is 17.6. The first-order valence-corrected chi connectivity index (χ1v) is 10.2. The van der Waals surface area contributed by atoms with E-state index in [1.165, 1.54) is 12.1 Å². The molecular weight excluding hydrogens is 410 g/mol. The SMILES string of the molecule is COc1ccc(C2=NN3[C@H](C2)c2cccc(OC)c2O[C@@H]3c2cccc([N+](=O)[O-])c2)cc1. The van der Waals surface area contributed by atoms with Crippen molar-refractivity contribution in [3.63, 3.8) is 0 Å². The number of nitro groups is 1. The molecule has 0 radical (unpaired) electrons. The molecule has 2 aliphatic heterocycles. The van der Waals surface area contributed by atoms with Gasteiger partial charge >= 0.3 is 0 Å². The Balaban J connectivity index is 1.60. The Kier molecular flexibility index (Phi) is 4.89. The topological polar surface area (TPSA) is 86.4 Å². The minimum absolute atomic E-state index is 0.00651. The molecule has 2 heterocycles. The molecule has 2 atom stereocenters. The smallest absolute Gasteiger partial charge is 0.269 e.